The first-order valence-electron chi connectivity index (χ1n) is 10.5. The van der Waals surface area contributed by atoms with Crippen molar-refractivity contribution in [3.63, 3.8) is 0 Å². The Bertz CT molecular complexity index is 1070. The van der Waals surface area contributed by atoms with Gasteiger partial charge in [-0.15, -0.1) is 0 Å². The van der Waals surface area contributed by atoms with E-state index >= 15 is 0 Å². The molecule has 0 spiro atoms. The zero-order valence-electron chi connectivity index (χ0n) is 17.9. The highest BCUT2D eigenvalue weighted by molar-refractivity contribution is 6.46. The summed E-state index contributed by atoms with van der Waals surface area (Å²) in [7, 11) is 0. The number of aliphatic hydroxyl groups is 1. The van der Waals surface area contributed by atoms with Gasteiger partial charge in [-0.1, -0.05) is 49.0 Å². The largest absolute Gasteiger partial charge is 0.507 e. The number of phenolic OH excluding ortho intramolecular Hbond substituents is 1. The Morgan fingerprint density at radius 3 is 2.47 bits per heavy atom. The molecule has 8 heteroatoms. The Hall–Kier alpha value is -2.70. The van der Waals surface area contributed by atoms with E-state index in [0.29, 0.717) is 30.2 Å². The quantitative estimate of drug-likeness (QED) is 0.220. The number of carbonyl (C=O) groups excluding carboxylic acids is 2. The summed E-state index contributed by atoms with van der Waals surface area (Å²) >= 11 is 12.1. The van der Waals surface area contributed by atoms with Gasteiger partial charge in [0.2, 0.25) is 0 Å². The number of hydrogen-bond donors (Lipinski definition) is 2. The van der Waals surface area contributed by atoms with E-state index in [1.807, 2.05) is 6.92 Å². The average molecular weight is 478 g/mol. The molecule has 0 aliphatic carbocycles. The lowest BCUT2D eigenvalue weighted by molar-refractivity contribution is -0.139. The van der Waals surface area contributed by atoms with Crippen molar-refractivity contribution in [3.8, 4) is 11.5 Å². The fraction of sp³-hybridized carbons (Fsp3) is 0.333. The molecule has 1 atom stereocenters. The monoisotopic (exact) mass is 477 g/mol. The lowest BCUT2D eigenvalue weighted by Crippen LogP contribution is -2.30. The maximum absolute atomic E-state index is 13.0. The van der Waals surface area contributed by atoms with Gasteiger partial charge in [0.25, 0.3) is 11.7 Å². The van der Waals surface area contributed by atoms with Crippen molar-refractivity contribution >= 4 is 40.7 Å². The molecule has 2 aromatic carbocycles. The summed E-state index contributed by atoms with van der Waals surface area (Å²) < 4.78 is 5.48. The van der Waals surface area contributed by atoms with Crippen molar-refractivity contribution in [3.05, 3.63) is 63.1 Å². The maximum atomic E-state index is 13.0. The van der Waals surface area contributed by atoms with Crippen LogP contribution < -0.4 is 4.74 Å². The molecule has 1 heterocycles. The second kappa shape index (κ2) is 10.3. The summed E-state index contributed by atoms with van der Waals surface area (Å²) in [5.41, 5.74) is 0.779. The number of rotatable bonds is 8. The number of Topliss-reactive ketones (excluding diaryl/α,β-unsaturated/α-hetero) is 1. The number of ether oxygens (including phenoxy) is 1. The molecule has 6 nitrogen and oxygen atoms in total. The van der Waals surface area contributed by atoms with E-state index in [9.17, 15) is 19.8 Å². The van der Waals surface area contributed by atoms with E-state index in [2.05, 4.69) is 0 Å². The zero-order valence-corrected chi connectivity index (χ0v) is 19.4. The fourth-order valence-corrected chi connectivity index (χ4v) is 4.06. The van der Waals surface area contributed by atoms with E-state index < -0.39 is 17.7 Å². The van der Waals surface area contributed by atoms with Crippen molar-refractivity contribution in [2.24, 2.45) is 0 Å². The lowest BCUT2D eigenvalue weighted by atomic mass is 9.95. The first-order valence-corrected chi connectivity index (χ1v) is 11.2. The topological polar surface area (TPSA) is 87.1 Å². The predicted octanol–water partition coefficient (Wildman–Crippen LogP) is 5.71. The number of aliphatic hydroxyl groups excluding tert-OH is 1. The summed E-state index contributed by atoms with van der Waals surface area (Å²) in [6, 6.07) is 8.32. The number of benzene rings is 2. The van der Waals surface area contributed by atoms with E-state index in [1.165, 1.54) is 29.2 Å². The van der Waals surface area contributed by atoms with Crippen LogP contribution in [0.15, 0.2) is 42.0 Å². The second-order valence-corrected chi connectivity index (χ2v) is 8.30. The van der Waals surface area contributed by atoms with Gasteiger partial charge in [-0.05, 0) is 49.2 Å². The van der Waals surface area contributed by atoms with Gasteiger partial charge in [0.1, 0.15) is 5.76 Å². The van der Waals surface area contributed by atoms with Crippen LogP contribution in [0.4, 0.5) is 0 Å². The van der Waals surface area contributed by atoms with Crippen LogP contribution in [0.2, 0.25) is 10.0 Å². The molecular formula is C24H25Cl2NO5. The molecule has 0 saturated carbocycles. The Kier molecular flexibility index (Phi) is 7.69. The third-order valence-electron chi connectivity index (χ3n) is 5.34. The third-order valence-corrected chi connectivity index (χ3v) is 6.07. The number of unbranched alkanes of at least 4 members (excludes halogenated alkanes) is 2. The Morgan fingerprint density at radius 1 is 1.06 bits per heavy atom. The minimum atomic E-state index is -0.832. The van der Waals surface area contributed by atoms with Crippen LogP contribution in [0, 0.1) is 0 Å². The molecule has 3 rings (SSSR count). The highest BCUT2D eigenvalue weighted by Crippen LogP contribution is 2.42. The SMILES string of the molecule is CCCCCN1C(=O)C(=O)/C(=C(\O)c2ccc(Cl)c(Cl)c2)C1c1ccc(O)c(OCC)c1. The van der Waals surface area contributed by atoms with Gasteiger partial charge in [-0.2, -0.15) is 0 Å². The molecular weight excluding hydrogens is 453 g/mol. The van der Waals surface area contributed by atoms with Crippen molar-refractivity contribution in [1.82, 2.24) is 4.90 Å². The van der Waals surface area contributed by atoms with Crippen LogP contribution in [0.25, 0.3) is 5.76 Å². The van der Waals surface area contributed by atoms with E-state index in [1.54, 1.807) is 19.1 Å². The molecule has 2 N–H and O–H groups in total. The van der Waals surface area contributed by atoms with Gasteiger partial charge < -0.3 is 19.8 Å². The number of halogens is 2. The number of amides is 1. The van der Waals surface area contributed by atoms with Gasteiger partial charge in [0.05, 0.1) is 28.3 Å². The minimum absolute atomic E-state index is 0.0435. The number of hydrogen-bond acceptors (Lipinski definition) is 5. The van der Waals surface area contributed by atoms with Gasteiger partial charge in [0, 0.05) is 12.1 Å². The smallest absolute Gasteiger partial charge is 0.295 e. The highest BCUT2D eigenvalue weighted by atomic mass is 35.5. The summed E-state index contributed by atoms with van der Waals surface area (Å²) in [5, 5.41) is 21.7. The molecule has 0 bridgehead atoms. The van der Waals surface area contributed by atoms with Gasteiger partial charge in [-0.25, -0.2) is 0 Å². The molecule has 1 aliphatic rings. The molecule has 2 aromatic rings. The molecule has 1 amide bonds. The number of nitrogens with zero attached hydrogens (tertiary/aromatic N) is 1. The average Bonchev–Trinajstić information content (AvgIpc) is 3.02. The Labute approximate surface area is 197 Å². The normalized spacial score (nSPS) is 17.8. The third kappa shape index (κ3) is 4.71. The number of likely N-dealkylation sites (tertiary alicyclic amines) is 1. The molecule has 0 radical (unpaired) electrons. The van der Waals surface area contributed by atoms with Crippen LogP contribution in [0.1, 0.15) is 50.3 Å². The Morgan fingerprint density at radius 2 is 1.81 bits per heavy atom. The van der Waals surface area contributed by atoms with Gasteiger partial charge >= 0.3 is 0 Å². The van der Waals surface area contributed by atoms with Crippen LogP contribution in [0.3, 0.4) is 0 Å². The Balaban J connectivity index is 2.17. The highest BCUT2D eigenvalue weighted by Gasteiger charge is 2.46. The van der Waals surface area contributed by atoms with Crippen molar-refractivity contribution in [2.45, 2.75) is 39.2 Å². The van der Waals surface area contributed by atoms with Gasteiger partial charge in [-0.3, -0.25) is 9.59 Å². The summed E-state index contributed by atoms with van der Waals surface area (Å²) in [6.45, 7) is 4.51. The van der Waals surface area contributed by atoms with Crippen LogP contribution >= 0.6 is 23.2 Å². The standard InChI is InChI=1S/C24H25Cl2NO5/c1-3-5-6-11-27-21(14-8-10-18(28)19(13-14)32-4-2)20(23(30)24(27)31)22(29)15-7-9-16(25)17(26)12-15/h7-10,12-13,21,28-29H,3-6,11H2,1-2H3/b22-20-. The number of ketones is 1. The van der Waals surface area contributed by atoms with E-state index in [-0.39, 0.29) is 33.4 Å². The second-order valence-electron chi connectivity index (χ2n) is 7.49. The van der Waals surface area contributed by atoms with E-state index in [0.717, 1.165) is 12.8 Å². The lowest BCUT2D eigenvalue weighted by Gasteiger charge is -2.26. The molecule has 1 aliphatic heterocycles. The number of carbonyl (C=O) groups is 2. The molecule has 32 heavy (non-hydrogen) atoms. The van der Waals surface area contributed by atoms with E-state index in [4.69, 9.17) is 27.9 Å². The van der Waals surface area contributed by atoms with Crippen molar-refractivity contribution < 1.29 is 24.5 Å². The number of aromatic hydroxyl groups is 1. The molecule has 1 unspecified atom stereocenters. The first-order chi connectivity index (χ1) is 15.3. The summed E-state index contributed by atoms with van der Waals surface area (Å²) in [6.07, 6.45) is 2.55. The van der Waals surface area contributed by atoms with Crippen LogP contribution in [-0.4, -0.2) is 40.0 Å². The van der Waals surface area contributed by atoms with Crippen molar-refractivity contribution in [2.75, 3.05) is 13.2 Å². The van der Waals surface area contributed by atoms with Crippen molar-refractivity contribution in [1.29, 1.82) is 0 Å². The van der Waals surface area contributed by atoms with Crippen LogP contribution in [0.5, 0.6) is 11.5 Å². The predicted molar refractivity (Wildman–Crippen MR) is 124 cm³/mol. The molecule has 170 valence electrons. The van der Waals surface area contributed by atoms with Crippen LogP contribution in [-0.2, 0) is 9.59 Å². The number of phenols is 1. The minimum Gasteiger partial charge on any atom is -0.507 e. The maximum Gasteiger partial charge on any atom is 0.295 e. The first kappa shape index (κ1) is 24.0. The molecule has 1 fully saturated rings. The fourth-order valence-electron chi connectivity index (χ4n) is 3.76. The zero-order chi connectivity index (χ0) is 23.4. The van der Waals surface area contributed by atoms with Gasteiger partial charge in [0.15, 0.2) is 11.5 Å². The summed E-state index contributed by atoms with van der Waals surface area (Å²) in [4.78, 5) is 27.4. The molecule has 1 saturated heterocycles. The summed E-state index contributed by atoms with van der Waals surface area (Å²) in [5.74, 6) is -1.61. The molecule has 0 aromatic heterocycles.